The van der Waals surface area contributed by atoms with Gasteiger partial charge in [0.05, 0.1) is 53.9 Å². The quantitative estimate of drug-likeness (QED) is 0.0627. The monoisotopic (exact) mass is 1170 g/mol. The second-order valence-electron chi connectivity index (χ2n) is 20.9. The van der Waals surface area contributed by atoms with Crippen LogP contribution in [0, 0.1) is 0 Å². The van der Waals surface area contributed by atoms with Crippen LogP contribution in [0.3, 0.4) is 0 Å². The number of esters is 2. The molecule has 454 valence electrons. The van der Waals surface area contributed by atoms with Crippen LogP contribution in [0.5, 0.6) is 34.5 Å². The molecule has 0 spiro atoms. The normalized spacial score (nSPS) is 25.5. The smallest absolute Gasteiger partial charge is 0.342 e. The average Bonchev–Trinajstić information content (AvgIpc) is 3.42. The lowest BCUT2D eigenvalue weighted by atomic mass is 10.0. The molecule has 20 heteroatoms. The summed E-state index contributed by atoms with van der Waals surface area (Å²) in [7, 11) is 9.23. The van der Waals surface area contributed by atoms with Crippen molar-refractivity contribution < 1.29 is 95.3 Å². The number of aliphatic hydroxyl groups is 1. The lowest BCUT2D eigenvalue weighted by Gasteiger charge is -2.25. The number of rotatable bonds is 16. The van der Waals surface area contributed by atoms with E-state index in [9.17, 15) is 19.5 Å². The molecule has 4 aliphatic heterocycles. The van der Waals surface area contributed by atoms with Gasteiger partial charge in [-0.15, -0.1) is 0 Å². The molecule has 9 atom stereocenters. The van der Waals surface area contributed by atoms with E-state index in [4.69, 9.17) is 75.8 Å². The van der Waals surface area contributed by atoms with Crippen LogP contribution in [0.2, 0.25) is 0 Å². The molecule has 2 saturated heterocycles. The summed E-state index contributed by atoms with van der Waals surface area (Å²) in [6.45, 7) is 10.8. The molecule has 0 amide bonds. The minimum atomic E-state index is -0.996. The van der Waals surface area contributed by atoms with Crippen molar-refractivity contribution in [1.82, 2.24) is 0 Å². The molecule has 4 aromatic carbocycles. The number of benzene rings is 4. The van der Waals surface area contributed by atoms with Crippen molar-refractivity contribution in [3.63, 3.8) is 0 Å². The summed E-state index contributed by atoms with van der Waals surface area (Å²) in [5.41, 5.74) is 3.21. The predicted octanol–water partition coefficient (Wildman–Crippen LogP) is 9.55. The first-order valence-corrected chi connectivity index (χ1v) is 27.5. The molecule has 0 radical (unpaired) electrons. The van der Waals surface area contributed by atoms with Crippen molar-refractivity contribution in [3.05, 3.63) is 143 Å². The standard InChI is InChI=1S/C32H40O10.C32H38O10/c2*1-20-26(38-18-21-10-12-23(36-5)13-11-21)15-14-25(33)30-27(41-32(2,3)42-30)9-7-8-22-16-24(37-6)17-28(39-19-35-4)29(22)31(34)40-20/h7-8,10-17,20,25-27,30,33H,9,18-19H2,1-6H3;7-8,10-17,20,26-27,30H,9,18-19H2,1-6H3/b2*8-7?,15-14-/t20-,25?,26+,27-,30+;20-,26+,27-,30+/m00/s1. The summed E-state index contributed by atoms with van der Waals surface area (Å²) in [4.78, 5) is 40.7. The first kappa shape index (κ1) is 64.5. The van der Waals surface area contributed by atoms with Gasteiger partial charge in [0, 0.05) is 26.4 Å². The Kier molecular flexibility index (Phi) is 23.1. The zero-order valence-corrected chi connectivity index (χ0v) is 49.7. The number of hydrogen-bond acceptors (Lipinski definition) is 20. The van der Waals surface area contributed by atoms with Gasteiger partial charge in [0.1, 0.15) is 88.4 Å². The molecule has 2 fully saturated rings. The Morgan fingerprint density at radius 2 is 0.964 bits per heavy atom. The molecule has 0 bridgehead atoms. The third-order valence-electron chi connectivity index (χ3n) is 13.8. The van der Waals surface area contributed by atoms with Gasteiger partial charge in [0.25, 0.3) is 0 Å². The minimum absolute atomic E-state index is 0.0790. The SMILES string of the molecule is COCOc1cc(OC)cc2c1C(=O)O[C@@H](C)[C@H](OCc1ccc(OC)cc1)/C=C\C(=O)[C@H]1OC(C)(C)O[C@H]1CC=C2.COCOc1cc(OC)cc2c1C(=O)O[C@@H](C)[C@H](OCc1ccc(OC)cc1)/C=C\C(O)[C@H]1OC(C)(C)O[C@H]1CC=C2. The lowest BCUT2D eigenvalue weighted by molar-refractivity contribution is -0.152. The zero-order valence-electron chi connectivity index (χ0n) is 49.7. The highest BCUT2D eigenvalue weighted by Crippen LogP contribution is 2.37. The van der Waals surface area contributed by atoms with E-state index >= 15 is 0 Å². The van der Waals surface area contributed by atoms with E-state index in [0.717, 1.165) is 22.6 Å². The summed E-state index contributed by atoms with van der Waals surface area (Å²) in [6, 6.07) is 21.5. The first-order chi connectivity index (χ1) is 40.3. The average molecular weight is 1170 g/mol. The molecule has 4 heterocycles. The molecule has 20 nitrogen and oxygen atoms in total. The van der Waals surface area contributed by atoms with Gasteiger partial charge in [-0.3, -0.25) is 4.79 Å². The van der Waals surface area contributed by atoms with E-state index in [1.165, 1.54) is 34.5 Å². The number of ether oxygens (including phenoxy) is 16. The molecule has 0 saturated carbocycles. The highest BCUT2D eigenvalue weighted by molar-refractivity contribution is 5.98. The van der Waals surface area contributed by atoms with E-state index in [1.807, 2.05) is 74.5 Å². The Morgan fingerprint density at radius 1 is 0.524 bits per heavy atom. The maximum absolute atomic E-state index is 13.7. The highest BCUT2D eigenvalue weighted by Gasteiger charge is 2.45. The highest BCUT2D eigenvalue weighted by atomic mass is 16.8. The Bertz CT molecular complexity index is 2950. The van der Waals surface area contributed by atoms with Gasteiger partial charge in [0.2, 0.25) is 0 Å². The predicted molar refractivity (Wildman–Crippen MR) is 308 cm³/mol. The first-order valence-electron chi connectivity index (χ1n) is 27.5. The van der Waals surface area contributed by atoms with Crippen LogP contribution in [0.15, 0.2) is 109 Å². The maximum Gasteiger partial charge on any atom is 0.342 e. The number of methoxy groups -OCH3 is 6. The zero-order chi connectivity index (χ0) is 60.6. The molecular formula is C64H78O20. The number of ketones is 1. The van der Waals surface area contributed by atoms with Crippen LogP contribution < -0.4 is 28.4 Å². The van der Waals surface area contributed by atoms with Crippen molar-refractivity contribution >= 4 is 29.9 Å². The largest absolute Gasteiger partial charge is 0.497 e. The summed E-state index contributed by atoms with van der Waals surface area (Å²) in [5, 5.41) is 11.1. The fourth-order valence-electron chi connectivity index (χ4n) is 9.60. The second-order valence-corrected chi connectivity index (χ2v) is 20.9. The number of cyclic esters (lactones) is 2. The Morgan fingerprint density at radius 3 is 1.43 bits per heavy atom. The molecule has 8 rings (SSSR count). The van der Waals surface area contributed by atoms with Gasteiger partial charge in [-0.2, -0.15) is 0 Å². The van der Waals surface area contributed by atoms with Gasteiger partial charge in [-0.05, 0) is 125 Å². The van der Waals surface area contributed by atoms with Gasteiger partial charge < -0.3 is 80.9 Å². The summed E-state index contributed by atoms with van der Waals surface area (Å²) < 4.78 is 91.5. The van der Waals surface area contributed by atoms with Crippen molar-refractivity contribution in [2.75, 3.05) is 56.2 Å². The lowest BCUT2D eigenvalue weighted by Crippen LogP contribution is -2.35. The van der Waals surface area contributed by atoms with Gasteiger partial charge in [-0.1, -0.05) is 60.7 Å². The Hall–Kier alpha value is -7.11. The van der Waals surface area contributed by atoms with Crippen LogP contribution in [0.1, 0.15) is 97.4 Å². The molecule has 0 aromatic heterocycles. The fraction of sp³-hybridized carbons (Fsp3) is 0.453. The molecule has 84 heavy (non-hydrogen) atoms. The second kappa shape index (κ2) is 30.1. The third-order valence-corrected chi connectivity index (χ3v) is 13.8. The van der Waals surface area contributed by atoms with E-state index in [1.54, 1.807) is 96.6 Å². The third kappa shape index (κ3) is 17.5. The molecule has 0 aliphatic carbocycles. The molecule has 1 N–H and O–H groups in total. The van der Waals surface area contributed by atoms with E-state index in [2.05, 4.69) is 0 Å². The Labute approximate surface area is 491 Å². The summed E-state index contributed by atoms with van der Waals surface area (Å²) in [5.74, 6) is -0.442. The molecule has 4 aromatic rings. The summed E-state index contributed by atoms with van der Waals surface area (Å²) in [6.07, 6.45) is 7.82. The number of hydrogen-bond donors (Lipinski definition) is 1. The van der Waals surface area contributed by atoms with Gasteiger partial charge in [-0.25, -0.2) is 9.59 Å². The van der Waals surface area contributed by atoms with Crippen LogP contribution in [-0.2, 0) is 65.4 Å². The van der Waals surface area contributed by atoms with E-state index in [-0.39, 0.29) is 55.2 Å². The van der Waals surface area contributed by atoms with Crippen molar-refractivity contribution in [2.45, 2.75) is 134 Å². The minimum Gasteiger partial charge on any atom is -0.497 e. The van der Waals surface area contributed by atoms with Crippen LogP contribution in [0.4, 0.5) is 0 Å². The van der Waals surface area contributed by atoms with Crippen molar-refractivity contribution in [1.29, 1.82) is 0 Å². The van der Waals surface area contributed by atoms with E-state index < -0.39 is 78.4 Å². The number of fused-ring (bicyclic) bond motifs is 4. The van der Waals surface area contributed by atoms with E-state index in [0.29, 0.717) is 35.5 Å². The van der Waals surface area contributed by atoms with Crippen molar-refractivity contribution in [3.8, 4) is 34.5 Å². The fourth-order valence-corrected chi connectivity index (χ4v) is 9.60. The number of aliphatic hydroxyl groups excluding tert-OH is 1. The Balaban J connectivity index is 0.000000241. The molecular weight excluding hydrogens is 1090 g/mol. The van der Waals surface area contributed by atoms with Crippen LogP contribution in [0.25, 0.3) is 12.2 Å². The molecule has 1 unspecified atom stereocenters. The summed E-state index contributed by atoms with van der Waals surface area (Å²) >= 11 is 0. The maximum atomic E-state index is 13.7. The van der Waals surface area contributed by atoms with Gasteiger partial charge in [0.15, 0.2) is 30.9 Å². The van der Waals surface area contributed by atoms with Crippen LogP contribution >= 0.6 is 0 Å². The van der Waals surface area contributed by atoms with Crippen LogP contribution in [-0.4, -0.2) is 146 Å². The number of carbonyl (C=O) groups excluding carboxylic acids is 3. The van der Waals surface area contributed by atoms with Crippen molar-refractivity contribution in [2.24, 2.45) is 0 Å². The molecule has 4 aliphatic rings. The number of carbonyl (C=O) groups is 3. The van der Waals surface area contributed by atoms with Gasteiger partial charge >= 0.3 is 11.9 Å². The topological polar surface area (TPSA) is 219 Å².